The maximum Gasteiger partial charge on any atom is 0.185 e. The number of piperidine rings is 1. The third-order valence-corrected chi connectivity index (χ3v) is 4.48. The second-order valence-corrected chi connectivity index (χ2v) is 6.22. The van der Waals surface area contributed by atoms with Gasteiger partial charge < -0.3 is 20.7 Å². The van der Waals surface area contributed by atoms with Gasteiger partial charge in [0.25, 0.3) is 0 Å². The Hall–Kier alpha value is -1.69. The van der Waals surface area contributed by atoms with Crippen molar-refractivity contribution in [3.8, 4) is 0 Å². The van der Waals surface area contributed by atoms with Gasteiger partial charge in [-0.15, -0.1) is 0 Å². The molecule has 2 aliphatic heterocycles. The highest BCUT2D eigenvalue weighted by molar-refractivity contribution is 5.97. The molecule has 1 atom stereocenters. The van der Waals surface area contributed by atoms with Crippen LogP contribution >= 0.6 is 0 Å². The standard InChI is InChI=1S/C18H25N3O2/c19-15-7-10-21(11-8-15)16-4-1-14(2-5-16)3-6-17(22)18-13-20-9-12-23-18/h1-6,15,18,20H,7-13,19H2/b6-3+. The number of carbonyl (C=O) groups is 1. The lowest BCUT2D eigenvalue weighted by Crippen LogP contribution is -2.42. The first kappa shape index (κ1) is 16.2. The van der Waals surface area contributed by atoms with Gasteiger partial charge in [0.2, 0.25) is 0 Å². The zero-order valence-electron chi connectivity index (χ0n) is 13.4. The van der Waals surface area contributed by atoms with Crippen LogP contribution < -0.4 is 16.0 Å². The molecule has 1 unspecified atom stereocenters. The molecule has 0 spiro atoms. The predicted octanol–water partition coefficient (Wildman–Crippen LogP) is 1.18. The molecule has 2 heterocycles. The summed E-state index contributed by atoms with van der Waals surface area (Å²) < 4.78 is 5.46. The lowest BCUT2D eigenvalue weighted by molar-refractivity contribution is -0.126. The number of morpholine rings is 1. The van der Waals surface area contributed by atoms with Crippen LogP contribution in [-0.4, -0.2) is 50.7 Å². The Bertz CT molecular complexity index is 542. The Kier molecular flexibility index (Phi) is 5.43. The number of nitrogens with zero attached hydrogens (tertiary/aromatic N) is 1. The van der Waals surface area contributed by atoms with Gasteiger partial charge in [-0.05, 0) is 36.6 Å². The SMILES string of the molecule is NC1CCN(c2ccc(/C=C/C(=O)C3CNCCO3)cc2)CC1. The van der Waals surface area contributed by atoms with Crippen LogP contribution in [0, 0.1) is 0 Å². The highest BCUT2D eigenvalue weighted by Gasteiger charge is 2.19. The molecule has 2 saturated heterocycles. The number of ether oxygens (including phenoxy) is 1. The molecule has 0 radical (unpaired) electrons. The molecule has 0 aromatic heterocycles. The van der Waals surface area contributed by atoms with Gasteiger partial charge in [-0.1, -0.05) is 18.2 Å². The average Bonchev–Trinajstić information content (AvgIpc) is 2.61. The van der Waals surface area contributed by atoms with Crippen molar-refractivity contribution in [3.05, 3.63) is 35.9 Å². The molecule has 5 nitrogen and oxygen atoms in total. The summed E-state index contributed by atoms with van der Waals surface area (Å²) in [5.74, 6) is 0.0197. The van der Waals surface area contributed by atoms with E-state index in [0.29, 0.717) is 19.2 Å². The molecule has 2 aliphatic rings. The Labute approximate surface area is 137 Å². The summed E-state index contributed by atoms with van der Waals surface area (Å²) in [5.41, 5.74) is 8.20. The van der Waals surface area contributed by atoms with Crippen molar-refractivity contribution in [2.45, 2.75) is 25.0 Å². The maximum absolute atomic E-state index is 12.0. The zero-order chi connectivity index (χ0) is 16.1. The van der Waals surface area contributed by atoms with Gasteiger partial charge in [0.1, 0.15) is 6.10 Å². The Balaban J connectivity index is 1.56. The van der Waals surface area contributed by atoms with Crippen LogP contribution in [0.4, 0.5) is 5.69 Å². The zero-order valence-corrected chi connectivity index (χ0v) is 13.4. The van der Waals surface area contributed by atoms with Crippen molar-refractivity contribution in [2.24, 2.45) is 5.73 Å². The summed E-state index contributed by atoms with van der Waals surface area (Å²) in [6.45, 7) is 4.04. The molecule has 0 amide bonds. The Morgan fingerprint density at radius 2 is 2.00 bits per heavy atom. The molecule has 23 heavy (non-hydrogen) atoms. The van der Waals surface area contributed by atoms with E-state index < -0.39 is 0 Å². The van der Waals surface area contributed by atoms with Crippen LogP contribution in [0.1, 0.15) is 18.4 Å². The largest absolute Gasteiger partial charge is 0.371 e. The Morgan fingerprint density at radius 3 is 2.65 bits per heavy atom. The molecule has 1 aromatic rings. The van der Waals surface area contributed by atoms with E-state index in [1.54, 1.807) is 6.08 Å². The lowest BCUT2D eigenvalue weighted by atomic mass is 10.0. The molecule has 124 valence electrons. The molecule has 5 heteroatoms. The molecule has 3 N–H and O–H groups in total. The van der Waals surface area contributed by atoms with Crippen LogP contribution in [0.15, 0.2) is 30.3 Å². The molecule has 1 aromatic carbocycles. The molecule has 2 fully saturated rings. The molecule has 0 bridgehead atoms. The minimum atomic E-state index is -0.350. The van der Waals surface area contributed by atoms with E-state index in [9.17, 15) is 4.79 Å². The monoisotopic (exact) mass is 315 g/mol. The van der Waals surface area contributed by atoms with Crippen molar-refractivity contribution in [2.75, 3.05) is 37.7 Å². The van der Waals surface area contributed by atoms with Crippen LogP contribution in [-0.2, 0) is 9.53 Å². The fraction of sp³-hybridized carbons (Fsp3) is 0.500. The van der Waals surface area contributed by atoms with Gasteiger partial charge in [0.15, 0.2) is 5.78 Å². The number of carbonyl (C=O) groups excluding carboxylic acids is 1. The first-order chi connectivity index (χ1) is 11.2. The Morgan fingerprint density at radius 1 is 1.26 bits per heavy atom. The summed E-state index contributed by atoms with van der Waals surface area (Å²) in [5, 5.41) is 3.17. The summed E-state index contributed by atoms with van der Waals surface area (Å²) in [6, 6.07) is 8.66. The molecule has 0 saturated carbocycles. The van der Waals surface area contributed by atoms with Gasteiger partial charge in [-0.25, -0.2) is 0 Å². The molecular weight excluding hydrogens is 290 g/mol. The van der Waals surface area contributed by atoms with Gasteiger partial charge in [-0.2, -0.15) is 0 Å². The first-order valence-electron chi connectivity index (χ1n) is 8.37. The first-order valence-corrected chi connectivity index (χ1v) is 8.37. The van der Waals surface area contributed by atoms with Crippen molar-refractivity contribution in [3.63, 3.8) is 0 Å². The molecule has 0 aliphatic carbocycles. The molecule has 3 rings (SSSR count). The number of nitrogens with two attached hydrogens (primary N) is 1. The van der Waals surface area contributed by atoms with Crippen LogP contribution in [0.2, 0.25) is 0 Å². The van der Waals surface area contributed by atoms with Gasteiger partial charge in [-0.3, -0.25) is 4.79 Å². The van der Waals surface area contributed by atoms with E-state index in [1.807, 2.05) is 18.2 Å². The fourth-order valence-electron chi connectivity index (χ4n) is 2.99. The second kappa shape index (κ2) is 7.73. The van der Waals surface area contributed by atoms with E-state index >= 15 is 0 Å². The second-order valence-electron chi connectivity index (χ2n) is 6.22. The summed E-state index contributed by atoms with van der Waals surface area (Å²) in [4.78, 5) is 14.4. The quantitative estimate of drug-likeness (QED) is 0.817. The van der Waals surface area contributed by atoms with Gasteiger partial charge >= 0.3 is 0 Å². The fourth-order valence-corrected chi connectivity index (χ4v) is 2.99. The minimum Gasteiger partial charge on any atom is -0.371 e. The highest BCUT2D eigenvalue weighted by Crippen LogP contribution is 2.20. The van der Waals surface area contributed by atoms with E-state index in [1.165, 1.54) is 5.69 Å². The van der Waals surface area contributed by atoms with E-state index in [2.05, 4.69) is 22.3 Å². The van der Waals surface area contributed by atoms with E-state index in [0.717, 1.165) is 38.0 Å². The third-order valence-electron chi connectivity index (χ3n) is 4.48. The summed E-state index contributed by atoms with van der Waals surface area (Å²) in [6.07, 6.45) is 5.22. The molecular formula is C18H25N3O2. The van der Waals surface area contributed by atoms with Crippen molar-refractivity contribution >= 4 is 17.5 Å². The smallest absolute Gasteiger partial charge is 0.185 e. The number of nitrogens with one attached hydrogen (secondary N) is 1. The minimum absolute atomic E-state index is 0.0197. The van der Waals surface area contributed by atoms with Gasteiger partial charge in [0, 0.05) is 37.9 Å². The topological polar surface area (TPSA) is 67.6 Å². The van der Waals surface area contributed by atoms with E-state index in [-0.39, 0.29) is 11.9 Å². The highest BCUT2D eigenvalue weighted by atomic mass is 16.5. The normalized spacial score (nSPS) is 23.3. The van der Waals surface area contributed by atoms with E-state index in [4.69, 9.17) is 10.5 Å². The number of ketones is 1. The van der Waals surface area contributed by atoms with Crippen molar-refractivity contribution < 1.29 is 9.53 Å². The lowest BCUT2D eigenvalue weighted by Gasteiger charge is -2.32. The number of anilines is 1. The van der Waals surface area contributed by atoms with Crippen LogP contribution in [0.5, 0.6) is 0 Å². The van der Waals surface area contributed by atoms with Crippen molar-refractivity contribution in [1.29, 1.82) is 0 Å². The summed E-state index contributed by atoms with van der Waals surface area (Å²) in [7, 11) is 0. The number of benzene rings is 1. The maximum atomic E-state index is 12.0. The summed E-state index contributed by atoms with van der Waals surface area (Å²) >= 11 is 0. The number of hydrogen-bond donors (Lipinski definition) is 2. The average molecular weight is 315 g/mol. The number of rotatable bonds is 4. The predicted molar refractivity (Wildman–Crippen MR) is 92.5 cm³/mol. The third kappa shape index (κ3) is 4.41. The van der Waals surface area contributed by atoms with Crippen LogP contribution in [0.3, 0.4) is 0 Å². The van der Waals surface area contributed by atoms with Crippen molar-refractivity contribution in [1.82, 2.24) is 5.32 Å². The van der Waals surface area contributed by atoms with Gasteiger partial charge in [0.05, 0.1) is 6.61 Å². The van der Waals surface area contributed by atoms with Crippen LogP contribution in [0.25, 0.3) is 6.08 Å². The number of hydrogen-bond acceptors (Lipinski definition) is 5.